The molecule has 0 aromatic carbocycles. The molecule has 2 rings (SSSR count). The number of halogens is 3. The Morgan fingerprint density at radius 1 is 1.24 bits per heavy atom. The number of alkyl halides is 3. The number of rotatable bonds is 3. The van der Waals surface area contributed by atoms with Gasteiger partial charge in [-0.25, -0.2) is 4.79 Å². The van der Waals surface area contributed by atoms with E-state index in [1.54, 1.807) is 25.7 Å². The zero-order valence-corrected chi connectivity index (χ0v) is 15.2. The van der Waals surface area contributed by atoms with Crippen LogP contribution in [0.4, 0.5) is 18.0 Å². The fraction of sp³-hybridized carbons (Fsp3) is 0.941. The molecular formula is C17H29F3N2O3. The van der Waals surface area contributed by atoms with Crippen LogP contribution in [0.2, 0.25) is 0 Å². The molecular weight excluding hydrogens is 337 g/mol. The van der Waals surface area contributed by atoms with Gasteiger partial charge in [0.05, 0.1) is 25.2 Å². The Bertz CT molecular complexity index is 451. The summed E-state index contributed by atoms with van der Waals surface area (Å²) < 4.78 is 50.4. The predicted molar refractivity (Wildman–Crippen MR) is 87.4 cm³/mol. The van der Waals surface area contributed by atoms with Gasteiger partial charge in [0.1, 0.15) is 5.60 Å². The number of carbonyl (C=O) groups excluding carboxylic acids is 1. The average Bonchev–Trinajstić information content (AvgIpc) is 2.51. The molecule has 5 nitrogen and oxygen atoms in total. The first-order valence-electron chi connectivity index (χ1n) is 8.95. The van der Waals surface area contributed by atoms with Crippen molar-refractivity contribution in [2.75, 3.05) is 26.3 Å². The number of hydrogen-bond donors (Lipinski definition) is 1. The maximum Gasteiger partial charge on any atom is 0.410 e. The van der Waals surface area contributed by atoms with Gasteiger partial charge in [0.15, 0.2) is 0 Å². The normalized spacial score (nSPS) is 28.7. The molecule has 1 amide bonds. The predicted octanol–water partition coefficient (Wildman–Crippen LogP) is 3.33. The van der Waals surface area contributed by atoms with Crippen molar-refractivity contribution in [3.8, 4) is 0 Å². The second kappa shape index (κ2) is 8.12. The van der Waals surface area contributed by atoms with E-state index in [1.165, 1.54) is 0 Å². The number of nitrogens with zero attached hydrogens (tertiary/aromatic N) is 1. The third-order valence-electron chi connectivity index (χ3n) is 4.66. The quantitative estimate of drug-likeness (QED) is 0.832. The van der Waals surface area contributed by atoms with Gasteiger partial charge < -0.3 is 14.8 Å². The molecule has 1 aliphatic heterocycles. The first kappa shape index (κ1) is 20.3. The molecule has 0 radical (unpaired) electrons. The van der Waals surface area contributed by atoms with Crippen LogP contribution in [-0.2, 0) is 9.47 Å². The minimum absolute atomic E-state index is 0.165. The monoisotopic (exact) mass is 366 g/mol. The first-order valence-corrected chi connectivity index (χ1v) is 8.95. The van der Waals surface area contributed by atoms with Gasteiger partial charge in [-0.05, 0) is 33.6 Å². The molecule has 2 aliphatic rings. The van der Waals surface area contributed by atoms with Crippen LogP contribution < -0.4 is 5.32 Å². The summed E-state index contributed by atoms with van der Waals surface area (Å²) in [5, 5.41) is 3.05. The fourth-order valence-electron chi connectivity index (χ4n) is 3.44. The highest BCUT2D eigenvalue weighted by atomic mass is 19.4. The third-order valence-corrected chi connectivity index (χ3v) is 4.66. The number of hydrogen-bond acceptors (Lipinski definition) is 4. The van der Waals surface area contributed by atoms with Gasteiger partial charge in [0.2, 0.25) is 0 Å². The lowest BCUT2D eigenvalue weighted by Crippen LogP contribution is -2.56. The molecule has 2 fully saturated rings. The summed E-state index contributed by atoms with van der Waals surface area (Å²) >= 11 is 0. The number of morpholine rings is 1. The van der Waals surface area contributed by atoms with Crippen LogP contribution in [0.15, 0.2) is 0 Å². The largest absolute Gasteiger partial charge is 0.444 e. The number of amides is 1. The summed E-state index contributed by atoms with van der Waals surface area (Å²) in [6.45, 7) is 6.72. The number of nitrogens with one attached hydrogen (secondary N) is 1. The van der Waals surface area contributed by atoms with Crippen LogP contribution in [0, 0.1) is 5.92 Å². The van der Waals surface area contributed by atoms with Crippen molar-refractivity contribution >= 4 is 6.09 Å². The molecule has 1 saturated carbocycles. The maximum absolute atomic E-state index is 13.2. The topological polar surface area (TPSA) is 50.8 Å². The summed E-state index contributed by atoms with van der Waals surface area (Å²) in [7, 11) is 0. The van der Waals surface area contributed by atoms with Crippen molar-refractivity contribution in [1.29, 1.82) is 0 Å². The second-order valence-electron chi connectivity index (χ2n) is 7.85. The Kier molecular flexibility index (Phi) is 6.59. The van der Waals surface area contributed by atoms with Gasteiger partial charge in [-0.15, -0.1) is 0 Å². The molecule has 25 heavy (non-hydrogen) atoms. The molecule has 146 valence electrons. The van der Waals surface area contributed by atoms with E-state index in [2.05, 4.69) is 5.32 Å². The molecule has 1 aliphatic carbocycles. The smallest absolute Gasteiger partial charge is 0.410 e. The maximum atomic E-state index is 13.2. The molecule has 0 spiro atoms. The summed E-state index contributed by atoms with van der Waals surface area (Å²) in [6, 6.07) is -0.921. The third kappa shape index (κ3) is 6.02. The van der Waals surface area contributed by atoms with Crippen LogP contribution in [0.3, 0.4) is 0 Å². The second-order valence-corrected chi connectivity index (χ2v) is 7.85. The van der Waals surface area contributed by atoms with Gasteiger partial charge in [-0.3, -0.25) is 4.90 Å². The van der Waals surface area contributed by atoms with Gasteiger partial charge in [-0.1, -0.05) is 12.8 Å². The van der Waals surface area contributed by atoms with Gasteiger partial charge in [0, 0.05) is 19.1 Å². The Morgan fingerprint density at radius 3 is 2.56 bits per heavy atom. The molecule has 0 bridgehead atoms. The highest BCUT2D eigenvalue weighted by molar-refractivity contribution is 5.68. The van der Waals surface area contributed by atoms with Crippen LogP contribution in [0.1, 0.15) is 46.5 Å². The van der Waals surface area contributed by atoms with Crippen molar-refractivity contribution in [3.05, 3.63) is 0 Å². The molecule has 3 unspecified atom stereocenters. The van der Waals surface area contributed by atoms with Gasteiger partial charge in [-0.2, -0.15) is 13.2 Å². The zero-order chi connectivity index (χ0) is 18.7. The zero-order valence-electron chi connectivity index (χ0n) is 15.2. The minimum atomic E-state index is -4.19. The van der Waals surface area contributed by atoms with Crippen LogP contribution in [0.5, 0.6) is 0 Å². The highest BCUT2D eigenvalue weighted by Gasteiger charge is 2.45. The summed E-state index contributed by atoms with van der Waals surface area (Å²) in [4.78, 5) is 13.9. The molecule has 3 atom stereocenters. The lowest BCUT2D eigenvalue weighted by Gasteiger charge is -2.39. The van der Waals surface area contributed by atoms with Crippen molar-refractivity contribution in [2.24, 2.45) is 5.92 Å². The Hall–Kier alpha value is -1.02. The lowest BCUT2D eigenvalue weighted by molar-refractivity contribution is -0.189. The van der Waals surface area contributed by atoms with E-state index in [4.69, 9.17) is 9.47 Å². The number of ether oxygens (including phenoxy) is 2. The van der Waals surface area contributed by atoms with Crippen LogP contribution in [-0.4, -0.2) is 61.2 Å². The summed E-state index contributed by atoms with van der Waals surface area (Å²) in [5.74, 6) is -1.32. The van der Waals surface area contributed by atoms with Crippen LogP contribution in [0.25, 0.3) is 0 Å². The summed E-state index contributed by atoms with van der Waals surface area (Å²) in [5.41, 5.74) is -0.613. The van der Waals surface area contributed by atoms with Crippen molar-refractivity contribution in [3.63, 3.8) is 0 Å². The Balaban J connectivity index is 1.95. The van der Waals surface area contributed by atoms with Crippen molar-refractivity contribution in [2.45, 2.75) is 70.3 Å². The fourth-order valence-corrected chi connectivity index (χ4v) is 3.44. The van der Waals surface area contributed by atoms with Gasteiger partial charge in [0.25, 0.3) is 0 Å². The molecule has 1 N–H and O–H groups in total. The Labute approximate surface area is 147 Å². The molecule has 0 aromatic rings. The van der Waals surface area contributed by atoms with E-state index in [0.717, 1.165) is 6.42 Å². The van der Waals surface area contributed by atoms with Crippen molar-refractivity contribution in [1.82, 2.24) is 10.2 Å². The van der Waals surface area contributed by atoms with E-state index in [0.29, 0.717) is 32.6 Å². The SMILES string of the molecule is CC(C)(C)OC(=O)N1CCOCC1CNC1CCCCC1C(F)(F)F. The summed E-state index contributed by atoms with van der Waals surface area (Å²) in [6.07, 6.45) is -2.56. The van der Waals surface area contributed by atoms with E-state index in [9.17, 15) is 18.0 Å². The van der Waals surface area contributed by atoms with Crippen LogP contribution >= 0.6 is 0 Å². The van der Waals surface area contributed by atoms with E-state index >= 15 is 0 Å². The molecule has 1 heterocycles. The van der Waals surface area contributed by atoms with Crippen molar-refractivity contribution < 1.29 is 27.4 Å². The molecule has 0 aromatic heterocycles. The Morgan fingerprint density at radius 2 is 1.92 bits per heavy atom. The highest BCUT2D eigenvalue weighted by Crippen LogP contribution is 2.37. The van der Waals surface area contributed by atoms with E-state index in [-0.39, 0.29) is 19.0 Å². The molecule has 1 saturated heterocycles. The standard InChI is InChI=1S/C17H29F3N2O3/c1-16(2,3)25-15(23)22-8-9-24-11-12(22)10-21-14-7-5-4-6-13(14)17(18,19)20/h12-14,21H,4-11H2,1-3H3. The van der Waals surface area contributed by atoms with E-state index < -0.39 is 29.8 Å². The lowest BCUT2D eigenvalue weighted by atomic mass is 9.84. The first-order chi connectivity index (χ1) is 11.6. The average molecular weight is 366 g/mol. The minimum Gasteiger partial charge on any atom is -0.444 e. The number of carbonyl (C=O) groups is 1. The van der Waals surface area contributed by atoms with E-state index in [1.807, 2.05) is 0 Å². The molecule has 8 heteroatoms. The van der Waals surface area contributed by atoms with Gasteiger partial charge >= 0.3 is 12.3 Å².